The minimum absolute atomic E-state index is 1.04. The molecule has 0 bridgehead atoms. The second-order valence-corrected chi connectivity index (χ2v) is 12.8. The molecule has 0 aromatic heterocycles. The molecular formula is C42H26. The lowest BCUT2D eigenvalue weighted by atomic mass is 9.95. The van der Waals surface area contributed by atoms with Crippen molar-refractivity contribution in [3.63, 3.8) is 0 Å². The molecule has 0 nitrogen and oxygen atoms in total. The molecule has 0 heterocycles. The van der Waals surface area contributed by atoms with Gasteiger partial charge in [-0.1, -0.05) is 91.0 Å². The van der Waals surface area contributed by atoms with E-state index >= 15 is 0 Å². The van der Waals surface area contributed by atoms with Gasteiger partial charge in [-0.05, 0) is 154 Å². The van der Waals surface area contributed by atoms with E-state index in [2.05, 4.69) is 109 Å². The molecule has 0 saturated carbocycles. The smallest absolute Gasteiger partial charge is 0.000421 e. The van der Waals surface area contributed by atoms with Crippen LogP contribution in [0.3, 0.4) is 0 Å². The lowest BCUT2D eigenvalue weighted by Gasteiger charge is -2.09. The van der Waals surface area contributed by atoms with Crippen LogP contribution in [-0.2, 0) is 25.7 Å². The van der Waals surface area contributed by atoms with Crippen LogP contribution in [-0.4, -0.2) is 0 Å². The zero-order valence-corrected chi connectivity index (χ0v) is 23.2. The van der Waals surface area contributed by atoms with Crippen molar-refractivity contribution >= 4 is 21.5 Å². The van der Waals surface area contributed by atoms with Gasteiger partial charge in [-0.2, -0.15) is 0 Å². The molecule has 0 heteroatoms. The maximum absolute atomic E-state index is 2.53. The Balaban J connectivity index is 1.01. The van der Waals surface area contributed by atoms with E-state index in [-0.39, 0.29) is 0 Å². The molecule has 0 spiro atoms. The summed E-state index contributed by atoms with van der Waals surface area (Å²) < 4.78 is 0. The molecule has 7 aromatic rings. The van der Waals surface area contributed by atoms with Crippen LogP contribution in [0.5, 0.6) is 0 Å². The van der Waals surface area contributed by atoms with Crippen LogP contribution in [0.15, 0.2) is 109 Å². The van der Waals surface area contributed by atoms with Gasteiger partial charge in [0.2, 0.25) is 0 Å². The highest BCUT2D eigenvalue weighted by Crippen LogP contribution is 2.52. The number of fused-ring (bicyclic) bond motifs is 17. The first-order chi connectivity index (χ1) is 20.8. The van der Waals surface area contributed by atoms with Crippen LogP contribution >= 0.6 is 0 Å². The molecular weight excluding hydrogens is 504 g/mol. The minimum Gasteiger partial charge on any atom is -0.0616 e. The Labute approximate surface area is 244 Å². The third-order valence-electron chi connectivity index (χ3n) is 10.8. The Morgan fingerprint density at radius 1 is 0.286 bits per heavy atom. The van der Waals surface area contributed by atoms with Gasteiger partial charge in [0.05, 0.1) is 0 Å². The van der Waals surface area contributed by atoms with E-state index in [0.717, 1.165) is 25.7 Å². The van der Waals surface area contributed by atoms with Gasteiger partial charge in [0, 0.05) is 0 Å². The molecule has 0 amide bonds. The Bertz CT molecular complexity index is 2400. The van der Waals surface area contributed by atoms with Gasteiger partial charge >= 0.3 is 0 Å². The predicted molar refractivity (Wildman–Crippen MR) is 174 cm³/mol. The molecule has 194 valence electrons. The van der Waals surface area contributed by atoms with Gasteiger partial charge in [-0.3, -0.25) is 0 Å². The molecule has 0 N–H and O–H groups in total. The summed E-state index contributed by atoms with van der Waals surface area (Å²) in [6.45, 7) is 0. The van der Waals surface area contributed by atoms with Crippen LogP contribution in [0.1, 0.15) is 44.5 Å². The maximum atomic E-state index is 2.53. The van der Waals surface area contributed by atoms with Crippen LogP contribution in [0, 0.1) is 0 Å². The van der Waals surface area contributed by atoms with E-state index in [1.165, 1.54) is 88.3 Å². The van der Waals surface area contributed by atoms with Crippen LogP contribution in [0.2, 0.25) is 0 Å². The summed E-state index contributed by atoms with van der Waals surface area (Å²) in [5.74, 6) is 0. The Hall–Kier alpha value is -4.94. The highest BCUT2D eigenvalue weighted by atomic mass is 14.4. The van der Waals surface area contributed by atoms with E-state index in [4.69, 9.17) is 0 Å². The van der Waals surface area contributed by atoms with Crippen molar-refractivity contribution in [3.05, 3.63) is 154 Å². The van der Waals surface area contributed by atoms with Crippen molar-refractivity contribution in [1.82, 2.24) is 0 Å². The third kappa shape index (κ3) is 2.64. The summed E-state index contributed by atoms with van der Waals surface area (Å²) in [5, 5.41) is 5.45. The third-order valence-corrected chi connectivity index (χ3v) is 10.8. The topological polar surface area (TPSA) is 0 Å². The largest absolute Gasteiger partial charge is 0.0616 e. The number of benzene rings is 7. The normalized spacial score (nSPS) is 14.3. The zero-order chi connectivity index (χ0) is 27.1. The van der Waals surface area contributed by atoms with Crippen molar-refractivity contribution in [2.24, 2.45) is 0 Å². The van der Waals surface area contributed by atoms with Gasteiger partial charge in [-0.15, -0.1) is 0 Å². The second kappa shape index (κ2) is 7.46. The molecule has 4 aliphatic carbocycles. The van der Waals surface area contributed by atoms with Gasteiger partial charge in [0.15, 0.2) is 0 Å². The fourth-order valence-electron chi connectivity index (χ4n) is 8.90. The summed E-state index contributed by atoms with van der Waals surface area (Å²) in [6.07, 6.45) is 4.19. The highest BCUT2D eigenvalue weighted by Gasteiger charge is 2.33. The summed E-state index contributed by atoms with van der Waals surface area (Å²) in [6, 6.07) is 41.9. The molecule has 4 aliphatic rings. The number of hydrogen-bond acceptors (Lipinski definition) is 0. The molecule has 7 aromatic carbocycles. The fraction of sp³-hybridized carbons (Fsp3) is 0.0952. The van der Waals surface area contributed by atoms with Gasteiger partial charge in [0.1, 0.15) is 0 Å². The lowest BCUT2D eigenvalue weighted by molar-refractivity contribution is 1.13. The predicted octanol–water partition coefficient (Wildman–Crippen LogP) is 10.3. The van der Waals surface area contributed by atoms with E-state index < -0.39 is 0 Å². The van der Waals surface area contributed by atoms with Gasteiger partial charge < -0.3 is 0 Å². The Kier molecular flexibility index (Phi) is 3.87. The van der Waals surface area contributed by atoms with Crippen molar-refractivity contribution in [3.8, 4) is 44.5 Å². The number of rotatable bonds is 0. The first kappa shape index (κ1) is 21.8. The molecule has 0 saturated heterocycles. The number of hydrogen-bond donors (Lipinski definition) is 0. The monoisotopic (exact) mass is 530 g/mol. The average molecular weight is 531 g/mol. The highest BCUT2D eigenvalue weighted by molar-refractivity contribution is 5.98. The first-order valence-electron chi connectivity index (χ1n) is 15.3. The molecule has 0 fully saturated rings. The first-order valence-corrected chi connectivity index (χ1v) is 15.3. The Morgan fingerprint density at radius 2 is 0.738 bits per heavy atom. The Morgan fingerprint density at radius 3 is 1.48 bits per heavy atom. The maximum Gasteiger partial charge on any atom is -0.000421 e. The van der Waals surface area contributed by atoms with Crippen LogP contribution < -0.4 is 0 Å². The minimum atomic E-state index is 1.04. The van der Waals surface area contributed by atoms with E-state index in [1.807, 2.05) is 0 Å². The zero-order valence-electron chi connectivity index (χ0n) is 23.2. The quantitative estimate of drug-likeness (QED) is 0.183. The van der Waals surface area contributed by atoms with Crippen molar-refractivity contribution < 1.29 is 0 Å². The molecule has 0 radical (unpaired) electrons. The standard InChI is InChI=1S/C42H26/c1-2-7-25-17-36-26(15-24(25)6-1)16-27-18-35-28(19-37(27)36)20-38-34(35)14-13-32-33-12-11-31-30-10-9-23-5-3-4-8-29(23)39(30)21-41(31)42(33)22-40(32)38/h1-15,17-19H,16,20-22H2. The lowest BCUT2D eigenvalue weighted by Crippen LogP contribution is -1.93. The van der Waals surface area contributed by atoms with Crippen molar-refractivity contribution in [2.75, 3.05) is 0 Å². The van der Waals surface area contributed by atoms with Gasteiger partial charge in [0.25, 0.3) is 0 Å². The summed E-state index contributed by atoms with van der Waals surface area (Å²) in [5.41, 5.74) is 23.8. The summed E-state index contributed by atoms with van der Waals surface area (Å²) in [4.78, 5) is 0. The molecule has 42 heavy (non-hydrogen) atoms. The average Bonchev–Trinajstić information content (AvgIpc) is 3.78. The summed E-state index contributed by atoms with van der Waals surface area (Å²) >= 11 is 0. The van der Waals surface area contributed by atoms with E-state index in [9.17, 15) is 0 Å². The molecule has 0 aliphatic heterocycles. The van der Waals surface area contributed by atoms with Crippen LogP contribution in [0.25, 0.3) is 66.1 Å². The van der Waals surface area contributed by atoms with E-state index in [1.54, 1.807) is 22.3 Å². The van der Waals surface area contributed by atoms with Crippen molar-refractivity contribution in [1.29, 1.82) is 0 Å². The van der Waals surface area contributed by atoms with Gasteiger partial charge in [-0.25, -0.2) is 0 Å². The van der Waals surface area contributed by atoms with Crippen LogP contribution in [0.4, 0.5) is 0 Å². The second-order valence-electron chi connectivity index (χ2n) is 12.8. The van der Waals surface area contributed by atoms with Crippen molar-refractivity contribution in [2.45, 2.75) is 25.7 Å². The molecule has 0 unspecified atom stereocenters. The SMILES string of the molecule is c1ccc2cc3c(cc2c1)Cc1cc2c(cc1-3)Cc1c-2ccc2c1Cc1c-2ccc2c1Cc1c-2ccc2ccccc12. The van der Waals surface area contributed by atoms with E-state index in [0.29, 0.717) is 0 Å². The molecule has 11 rings (SSSR count). The summed E-state index contributed by atoms with van der Waals surface area (Å²) in [7, 11) is 0. The molecule has 0 atom stereocenters. The fourth-order valence-corrected chi connectivity index (χ4v) is 8.90.